The second kappa shape index (κ2) is 6.40. The van der Waals surface area contributed by atoms with Crippen LogP contribution in [0.4, 0.5) is 0 Å². The number of carbonyl (C=O) groups is 1. The Hall–Kier alpha value is -1.06. The van der Waals surface area contributed by atoms with Gasteiger partial charge in [-0.1, -0.05) is 30.9 Å². The number of aryl methyl sites for hydroxylation is 1. The first-order valence-corrected chi connectivity index (χ1v) is 7.21. The minimum Gasteiger partial charge on any atom is -0.391 e. The molecular formula is C15H20ClNO2. The van der Waals surface area contributed by atoms with Gasteiger partial charge in [-0.15, -0.1) is 0 Å². The van der Waals surface area contributed by atoms with Crippen molar-refractivity contribution in [2.75, 3.05) is 0 Å². The summed E-state index contributed by atoms with van der Waals surface area (Å²) in [5.74, 6) is -0.125. The predicted octanol–water partition coefficient (Wildman–Crippen LogP) is 3.07. The molecule has 0 aromatic heterocycles. The van der Waals surface area contributed by atoms with E-state index in [4.69, 9.17) is 11.6 Å². The van der Waals surface area contributed by atoms with Crippen LogP contribution in [0.5, 0.6) is 0 Å². The van der Waals surface area contributed by atoms with Gasteiger partial charge in [-0.05, 0) is 43.5 Å². The Bertz CT molecular complexity index is 461. The topological polar surface area (TPSA) is 49.3 Å². The average Bonchev–Trinajstić information content (AvgIpc) is 2.55. The van der Waals surface area contributed by atoms with Crippen LogP contribution in [0, 0.1) is 6.92 Å². The van der Waals surface area contributed by atoms with Crippen LogP contribution in [-0.4, -0.2) is 23.2 Å². The van der Waals surface area contributed by atoms with Gasteiger partial charge in [0.05, 0.1) is 12.1 Å². The summed E-state index contributed by atoms with van der Waals surface area (Å²) in [6.45, 7) is 1.87. The van der Waals surface area contributed by atoms with Crippen molar-refractivity contribution in [2.24, 2.45) is 0 Å². The number of aliphatic hydroxyl groups is 1. The van der Waals surface area contributed by atoms with Crippen LogP contribution in [0.25, 0.3) is 0 Å². The molecule has 104 valence electrons. The molecule has 19 heavy (non-hydrogen) atoms. The van der Waals surface area contributed by atoms with Crippen LogP contribution < -0.4 is 5.32 Å². The highest BCUT2D eigenvalue weighted by atomic mass is 35.5. The molecule has 0 spiro atoms. The van der Waals surface area contributed by atoms with E-state index >= 15 is 0 Å². The zero-order chi connectivity index (χ0) is 13.8. The SMILES string of the molecule is Cc1cc(Cl)ccc1C(=O)NC1CCCCCC1O. The Morgan fingerprint density at radius 3 is 2.79 bits per heavy atom. The third-order valence-electron chi connectivity index (χ3n) is 3.73. The maximum absolute atomic E-state index is 12.2. The van der Waals surface area contributed by atoms with Crippen molar-refractivity contribution in [2.45, 2.75) is 51.2 Å². The van der Waals surface area contributed by atoms with Gasteiger partial charge in [0.1, 0.15) is 0 Å². The van der Waals surface area contributed by atoms with E-state index in [1.807, 2.05) is 6.92 Å². The molecule has 1 aliphatic carbocycles. The van der Waals surface area contributed by atoms with E-state index in [9.17, 15) is 9.90 Å². The molecule has 0 bridgehead atoms. The molecule has 3 nitrogen and oxygen atoms in total. The van der Waals surface area contributed by atoms with Crippen LogP contribution in [0.2, 0.25) is 5.02 Å². The summed E-state index contributed by atoms with van der Waals surface area (Å²) >= 11 is 5.89. The molecule has 2 atom stereocenters. The third-order valence-corrected chi connectivity index (χ3v) is 3.96. The van der Waals surface area contributed by atoms with Gasteiger partial charge in [-0.3, -0.25) is 4.79 Å². The number of nitrogens with one attached hydrogen (secondary N) is 1. The van der Waals surface area contributed by atoms with Gasteiger partial charge in [0, 0.05) is 10.6 Å². The van der Waals surface area contributed by atoms with E-state index in [-0.39, 0.29) is 11.9 Å². The standard InChI is InChI=1S/C15H20ClNO2/c1-10-9-11(16)7-8-12(10)15(19)17-13-5-3-2-4-6-14(13)18/h7-9,13-14,18H,2-6H2,1H3,(H,17,19). The minimum atomic E-state index is -0.431. The number of benzene rings is 1. The fourth-order valence-corrected chi connectivity index (χ4v) is 2.81. The molecule has 1 aromatic rings. The van der Waals surface area contributed by atoms with E-state index in [2.05, 4.69) is 5.32 Å². The highest BCUT2D eigenvalue weighted by molar-refractivity contribution is 6.30. The molecule has 0 heterocycles. The Balaban J connectivity index is 2.07. The summed E-state index contributed by atoms with van der Waals surface area (Å²) in [6.07, 6.45) is 4.40. The van der Waals surface area contributed by atoms with Crippen molar-refractivity contribution < 1.29 is 9.90 Å². The number of aliphatic hydroxyl groups excluding tert-OH is 1. The van der Waals surface area contributed by atoms with Gasteiger partial charge in [0.2, 0.25) is 0 Å². The van der Waals surface area contributed by atoms with Crippen molar-refractivity contribution >= 4 is 17.5 Å². The summed E-state index contributed by atoms with van der Waals surface area (Å²) in [5.41, 5.74) is 1.48. The Labute approximate surface area is 119 Å². The van der Waals surface area contributed by atoms with E-state index in [1.54, 1.807) is 18.2 Å². The first-order valence-electron chi connectivity index (χ1n) is 6.83. The van der Waals surface area contributed by atoms with Crippen molar-refractivity contribution in [1.29, 1.82) is 0 Å². The molecule has 0 saturated heterocycles. The molecule has 2 unspecified atom stereocenters. The zero-order valence-corrected chi connectivity index (χ0v) is 11.9. The summed E-state index contributed by atoms with van der Waals surface area (Å²) < 4.78 is 0. The zero-order valence-electron chi connectivity index (χ0n) is 11.2. The summed E-state index contributed by atoms with van der Waals surface area (Å²) in [5, 5.41) is 13.6. The lowest BCUT2D eigenvalue weighted by molar-refractivity contribution is 0.0818. The monoisotopic (exact) mass is 281 g/mol. The fraction of sp³-hybridized carbons (Fsp3) is 0.533. The van der Waals surface area contributed by atoms with Gasteiger partial charge in [0.25, 0.3) is 5.91 Å². The number of carbonyl (C=O) groups excluding carboxylic acids is 1. The Morgan fingerprint density at radius 1 is 1.32 bits per heavy atom. The second-order valence-corrected chi connectivity index (χ2v) is 5.68. The number of hydrogen-bond donors (Lipinski definition) is 2. The van der Waals surface area contributed by atoms with Crippen LogP contribution in [0.3, 0.4) is 0 Å². The van der Waals surface area contributed by atoms with Crippen molar-refractivity contribution in [3.63, 3.8) is 0 Å². The largest absolute Gasteiger partial charge is 0.391 e. The van der Waals surface area contributed by atoms with E-state index in [0.29, 0.717) is 10.6 Å². The molecule has 0 aliphatic heterocycles. The number of rotatable bonds is 2. The summed E-state index contributed by atoms with van der Waals surface area (Å²) in [4.78, 5) is 12.2. The van der Waals surface area contributed by atoms with Crippen LogP contribution in [-0.2, 0) is 0 Å². The molecule has 1 aliphatic rings. The van der Waals surface area contributed by atoms with E-state index in [1.165, 1.54) is 0 Å². The third kappa shape index (κ3) is 3.71. The lowest BCUT2D eigenvalue weighted by atomic mass is 10.0. The van der Waals surface area contributed by atoms with Gasteiger partial charge >= 0.3 is 0 Å². The van der Waals surface area contributed by atoms with Crippen molar-refractivity contribution in [3.05, 3.63) is 34.3 Å². The fourth-order valence-electron chi connectivity index (χ4n) is 2.58. The first-order chi connectivity index (χ1) is 9.08. The Kier molecular flexibility index (Phi) is 4.83. The van der Waals surface area contributed by atoms with E-state index in [0.717, 1.165) is 37.7 Å². The number of hydrogen-bond acceptors (Lipinski definition) is 2. The molecule has 1 amide bonds. The first kappa shape index (κ1) is 14.4. The molecular weight excluding hydrogens is 262 g/mol. The summed E-state index contributed by atoms with van der Waals surface area (Å²) in [6, 6.07) is 5.09. The van der Waals surface area contributed by atoms with E-state index < -0.39 is 6.10 Å². The van der Waals surface area contributed by atoms with Gasteiger partial charge in [-0.2, -0.15) is 0 Å². The van der Waals surface area contributed by atoms with Crippen molar-refractivity contribution in [1.82, 2.24) is 5.32 Å². The molecule has 0 radical (unpaired) electrons. The van der Waals surface area contributed by atoms with Crippen LogP contribution >= 0.6 is 11.6 Å². The van der Waals surface area contributed by atoms with Gasteiger partial charge in [0.15, 0.2) is 0 Å². The molecule has 1 fully saturated rings. The normalized spacial score (nSPS) is 23.7. The Morgan fingerprint density at radius 2 is 2.05 bits per heavy atom. The van der Waals surface area contributed by atoms with Crippen LogP contribution in [0.15, 0.2) is 18.2 Å². The lowest BCUT2D eigenvalue weighted by Crippen LogP contribution is -2.42. The molecule has 1 saturated carbocycles. The maximum Gasteiger partial charge on any atom is 0.251 e. The predicted molar refractivity (Wildman–Crippen MR) is 76.5 cm³/mol. The number of halogens is 1. The summed E-state index contributed by atoms with van der Waals surface area (Å²) in [7, 11) is 0. The second-order valence-electron chi connectivity index (χ2n) is 5.24. The average molecular weight is 282 g/mol. The van der Waals surface area contributed by atoms with Crippen LogP contribution in [0.1, 0.15) is 48.0 Å². The molecule has 2 N–H and O–H groups in total. The number of amides is 1. The minimum absolute atomic E-state index is 0.125. The lowest BCUT2D eigenvalue weighted by Gasteiger charge is -2.22. The van der Waals surface area contributed by atoms with Crippen molar-refractivity contribution in [3.8, 4) is 0 Å². The highest BCUT2D eigenvalue weighted by Crippen LogP contribution is 2.20. The smallest absolute Gasteiger partial charge is 0.251 e. The molecule has 2 rings (SSSR count). The molecule has 4 heteroatoms. The maximum atomic E-state index is 12.2. The molecule has 1 aromatic carbocycles. The quantitative estimate of drug-likeness (QED) is 0.819. The highest BCUT2D eigenvalue weighted by Gasteiger charge is 2.24. The van der Waals surface area contributed by atoms with Gasteiger partial charge in [-0.25, -0.2) is 0 Å². The van der Waals surface area contributed by atoms with Gasteiger partial charge < -0.3 is 10.4 Å².